The summed E-state index contributed by atoms with van der Waals surface area (Å²) in [5, 5.41) is 5.54. The van der Waals surface area contributed by atoms with Crippen molar-refractivity contribution < 1.29 is 23.9 Å². The van der Waals surface area contributed by atoms with Crippen molar-refractivity contribution in [1.82, 2.24) is 10.2 Å². The molecule has 3 amide bonds. The van der Waals surface area contributed by atoms with Crippen LogP contribution >= 0.6 is 0 Å². The topological polar surface area (TPSA) is 97.0 Å². The van der Waals surface area contributed by atoms with Crippen molar-refractivity contribution >= 4 is 23.6 Å². The largest absolute Gasteiger partial charge is 0.497 e. The predicted molar refractivity (Wildman–Crippen MR) is 160 cm³/mol. The summed E-state index contributed by atoms with van der Waals surface area (Å²) in [6, 6.07) is 14.0. The molecule has 8 heteroatoms. The number of ether oxygens (including phenoxy) is 2. The number of nitrogens with one attached hydrogen (secondary N) is 2. The van der Waals surface area contributed by atoms with E-state index in [1.807, 2.05) is 24.3 Å². The van der Waals surface area contributed by atoms with Crippen molar-refractivity contribution in [3.8, 4) is 5.75 Å². The third-order valence-corrected chi connectivity index (χ3v) is 6.48. The van der Waals surface area contributed by atoms with Gasteiger partial charge in [-0.2, -0.15) is 0 Å². The van der Waals surface area contributed by atoms with Crippen LogP contribution in [-0.4, -0.2) is 48.6 Å². The molecular formula is C32H47N3O5. The Morgan fingerprint density at radius 1 is 0.875 bits per heavy atom. The summed E-state index contributed by atoms with van der Waals surface area (Å²) in [4.78, 5) is 41.3. The number of carbonyl (C=O) groups excluding carboxylic acids is 3. The van der Waals surface area contributed by atoms with E-state index in [9.17, 15) is 14.4 Å². The molecular weight excluding hydrogens is 506 g/mol. The van der Waals surface area contributed by atoms with Crippen LogP contribution in [0.25, 0.3) is 0 Å². The fraction of sp³-hybridized carbons (Fsp3) is 0.531. The number of anilines is 1. The van der Waals surface area contributed by atoms with Gasteiger partial charge in [0.1, 0.15) is 23.9 Å². The van der Waals surface area contributed by atoms with Crippen molar-refractivity contribution in [2.24, 2.45) is 0 Å². The first-order chi connectivity index (χ1) is 19.1. The second-order valence-corrected chi connectivity index (χ2v) is 10.9. The van der Waals surface area contributed by atoms with Gasteiger partial charge in [0.05, 0.1) is 7.11 Å². The van der Waals surface area contributed by atoms with Crippen molar-refractivity contribution in [3.05, 3.63) is 59.7 Å². The molecule has 0 heterocycles. The van der Waals surface area contributed by atoms with E-state index < -0.39 is 17.7 Å². The van der Waals surface area contributed by atoms with Crippen LogP contribution in [0.15, 0.2) is 48.5 Å². The van der Waals surface area contributed by atoms with Gasteiger partial charge in [0.15, 0.2) is 0 Å². The van der Waals surface area contributed by atoms with Gasteiger partial charge in [0.2, 0.25) is 5.91 Å². The normalized spacial score (nSPS) is 11.8. The summed E-state index contributed by atoms with van der Waals surface area (Å²) in [7, 11) is 1.58. The van der Waals surface area contributed by atoms with E-state index in [0.29, 0.717) is 23.5 Å². The van der Waals surface area contributed by atoms with Crippen molar-refractivity contribution in [3.63, 3.8) is 0 Å². The average Bonchev–Trinajstić information content (AvgIpc) is 2.92. The monoisotopic (exact) mass is 553 g/mol. The standard InChI is InChI=1S/C32H47N3O5/c1-7-9-10-11-12-13-22-35(28(36)23-33-31(38)40-32(3,4)5)29(25-16-14-24(8-2)15-17-25)30(37)34-26-18-20-27(39-6)21-19-26/h14-21,29H,7-13,22-23H2,1-6H3,(H,33,38)(H,34,37). The number of amides is 3. The highest BCUT2D eigenvalue weighted by atomic mass is 16.6. The minimum Gasteiger partial charge on any atom is -0.497 e. The summed E-state index contributed by atoms with van der Waals surface area (Å²) in [5.41, 5.74) is 1.76. The second-order valence-electron chi connectivity index (χ2n) is 10.9. The van der Waals surface area contributed by atoms with Gasteiger partial charge in [-0.3, -0.25) is 9.59 Å². The number of benzene rings is 2. The molecule has 2 rings (SSSR count). The molecule has 0 fully saturated rings. The van der Waals surface area contributed by atoms with E-state index in [4.69, 9.17) is 9.47 Å². The molecule has 1 unspecified atom stereocenters. The van der Waals surface area contributed by atoms with E-state index in [1.165, 1.54) is 6.42 Å². The zero-order valence-corrected chi connectivity index (χ0v) is 25.0. The molecule has 2 aromatic carbocycles. The molecule has 2 aromatic rings. The van der Waals surface area contributed by atoms with Crippen molar-refractivity contribution in [1.29, 1.82) is 0 Å². The summed E-state index contributed by atoms with van der Waals surface area (Å²) in [6.07, 6.45) is 6.44. The van der Waals surface area contributed by atoms with Gasteiger partial charge in [-0.15, -0.1) is 0 Å². The molecule has 220 valence electrons. The highest BCUT2D eigenvalue weighted by Gasteiger charge is 2.32. The lowest BCUT2D eigenvalue weighted by Gasteiger charge is -2.32. The zero-order chi connectivity index (χ0) is 29.5. The van der Waals surface area contributed by atoms with Gasteiger partial charge < -0.3 is 25.0 Å². The van der Waals surface area contributed by atoms with Crippen molar-refractivity contribution in [2.45, 2.75) is 91.2 Å². The first kappa shape index (κ1) is 32.7. The third-order valence-electron chi connectivity index (χ3n) is 6.48. The van der Waals surface area contributed by atoms with Crippen LogP contribution in [0.2, 0.25) is 0 Å². The van der Waals surface area contributed by atoms with E-state index >= 15 is 0 Å². The molecule has 40 heavy (non-hydrogen) atoms. The van der Waals surface area contributed by atoms with Crippen LogP contribution in [-0.2, 0) is 20.7 Å². The van der Waals surface area contributed by atoms with Gasteiger partial charge >= 0.3 is 6.09 Å². The van der Waals surface area contributed by atoms with Crippen LogP contribution in [0.4, 0.5) is 10.5 Å². The molecule has 2 N–H and O–H groups in total. The Hall–Kier alpha value is -3.55. The average molecular weight is 554 g/mol. The highest BCUT2D eigenvalue weighted by Crippen LogP contribution is 2.26. The van der Waals surface area contributed by atoms with Crippen LogP contribution in [0.1, 0.15) is 90.3 Å². The van der Waals surface area contributed by atoms with Crippen molar-refractivity contribution in [2.75, 3.05) is 25.5 Å². The Bertz CT molecular complexity index is 1060. The number of hydrogen-bond donors (Lipinski definition) is 2. The second kappa shape index (κ2) is 16.5. The number of rotatable bonds is 15. The molecule has 0 aromatic heterocycles. The third kappa shape index (κ3) is 11.3. The lowest BCUT2D eigenvalue weighted by atomic mass is 10.0. The Labute approximate surface area is 239 Å². The smallest absolute Gasteiger partial charge is 0.408 e. The van der Waals surface area contributed by atoms with Crippen LogP contribution in [0.3, 0.4) is 0 Å². The number of unbranched alkanes of at least 4 members (excludes halogenated alkanes) is 5. The van der Waals surface area contributed by atoms with Gasteiger partial charge in [-0.1, -0.05) is 70.2 Å². The molecule has 0 spiro atoms. The quantitative estimate of drug-likeness (QED) is 0.241. The molecule has 0 radical (unpaired) electrons. The molecule has 1 atom stereocenters. The van der Waals surface area contributed by atoms with E-state index in [0.717, 1.165) is 44.1 Å². The fourth-order valence-electron chi connectivity index (χ4n) is 4.32. The fourth-order valence-corrected chi connectivity index (χ4v) is 4.32. The Balaban J connectivity index is 2.33. The maximum atomic E-state index is 13.8. The summed E-state index contributed by atoms with van der Waals surface area (Å²) in [5.74, 6) is -0.00215. The Morgan fingerprint density at radius 3 is 2.08 bits per heavy atom. The zero-order valence-electron chi connectivity index (χ0n) is 25.0. The Kier molecular flexibility index (Phi) is 13.5. The van der Waals surface area contributed by atoms with E-state index in [2.05, 4.69) is 24.5 Å². The van der Waals surface area contributed by atoms with E-state index in [-0.39, 0.29) is 18.4 Å². The van der Waals surface area contributed by atoms with Crippen LogP contribution in [0, 0.1) is 0 Å². The summed E-state index contributed by atoms with van der Waals surface area (Å²) >= 11 is 0. The number of aryl methyl sites for hydroxylation is 1. The minimum absolute atomic E-state index is 0.274. The summed E-state index contributed by atoms with van der Waals surface area (Å²) < 4.78 is 10.5. The number of methoxy groups -OCH3 is 1. The molecule has 0 aliphatic rings. The van der Waals surface area contributed by atoms with E-state index in [1.54, 1.807) is 57.0 Å². The van der Waals surface area contributed by atoms with Crippen LogP contribution < -0.4 is 15.4 Å². The van der Waals surface area contributed by atoms with Crippen LogP contribution in [0.5, 0.6) is 5.75 Å². The molecule has 0 aliphatic carbocycles. The SMILES string of the molecule is CCCCCCCCN(C(=O)CNC(=O)OC(C)(C)C)C(C(=O)Nc1ccc(OC)cc1)c1ccc(CC)cc1. The van der Waals surface area contributed by atoms with Gasteiger partial charge in [0.25, 0.3) is 5.91 Å². The van der Waals surface area contributed by atoms with Gasteiger partial charge in [0, 0.05) is 12.2 Å². The molecule has 0 bridgehead atoms. The Morgan fingerprint density at radius 2 is 1.50 bits per heavy atom. The predicted octanol–water partition coefficient (Wildman–Crippen LogP) is 6.65. The molecule has 8 nitrogen and oxygen atoms in total. The number of hydrogen-bond acceptors (Lipinski definition) is 5. The maximum Gasteiger partial charge on any atom is 0.408 e. The lowest BCUT2D eigenvalue weighted by Crippen LogP contribution is -2.47. The highest BCUT2D eigenvalue weighted by molar-refractivity contribution is 5.98. The number of carbonyl (C=O) groups is 3. The minimum atomic E-state index is -0.878. The van der Waals surface area contributed by atoms with Gasteiger partial charge in [-0.05, 0) is 69.0 Å². The summed E-state index contributed by atoms with van der Waals surface area (Å²) in [6.45, 7) is 9.64. The first-order valence-corrected chi connectivity index (χ1v) is 14.4. The molecule has 0 saturated heterocycles. The number of alkyl carbamates (subject to hydrolysis) is 1. The number of nitrogens with zero attached hydrogens (tertiary/aromatic N) is 1. The first-order valence-electron chi connectivity index (χ1n) is 14.4. The maximum absolute atomic E-state index is 13.8. The molecule has 0 aliphatic heterocycles. The molecule has 0 saturated carbocycles. The van der Waals surface area contributed by atoms with Gasteiger partial charge in [-0.25, -0.2) is 4.79 Å². The lowest BCUT2D eigenvalue weighted by molar-refractivity contribution is -0.138.